The summed E-state index contributed by atoms with van der Waals surface area (Å²) in [6.07, 6.45) is 1.11. The van der Waals surface area contributed by atoms with E-state index in [1.54, 1.807) is 0 Å². The van der Waals surface area contributed by atoms with Crippen LogP contribution in [0.2, 0.25) is 0 Å². The number of hydrogen-bond acceptors (Lipinski definition) is 2. The molecule has 0 bridgehead atoms. The average Bonchev–Trinajstić information content (AvgIpc) is 2.28. The summed E-state index contributed by atoms with van der Waals surface area (Å²) in [5, 5.41) is 3.46. The fourth-order valence-electron chi connectivity index (χ4n) is 2.94. The monoisotopic (exact) mass is 233 g/mol. The first-order chi connectivity index (χ1) is 8.02. The third-order valence-corrected chi connectivity index (χ3v) is 3.62. The van der Waals surface area contributed by atoms with Gasteiger partial charge in [-0.05, 0) is 30.5 Å². The summed E-state index contributed by atoms with van der Waals surface area (Å²) in [7, 11) is 2.05. The van der Waals surface area contributed by atoms with E-state index in [9.17, 15) is 0 Å². The van der Waals surface area contributed by atoms with E-state index in [2.05, 4.69) is 51.3 Å². The summed E-state index contributed by atoms with van der Waals surface area (Å²) in [5.74, 6) is 1.61. The zero-order chi connectivity index (χ0) is 12.5. The fourth-order valence-corrected chi connectivity index (χ4v) is 2.94. The van der Waals surface area contributed by atoms with Gasteiger partial charge in [-0.15, -0.1) is 0 Å². The zero-order valence-corrected chi connectivity index (χ0v) is 11.3. The molecule has 0 radical (unpaired) electrons. The minimum atomic E-state index is 0.259. The molecule has 0 saturated heterocycles. The van der Waals surface area contributed by atoms with Crippen molar-refractivity contribution in [3.8, 4) is 5.75 Å². The Labute approximate surface area is 104 Å². The first-order valence-electron chi connectivity index (χ1n) is 6.40. The van der Waals surface area contributed by atoms with Crippen molar-refractivity contribution >= 4 is 0 Å². The molecule has 0 aromatic heterocycles. The molecule has 1 aromatic carbocycles. The molecule has 0 amide bonds. The van der Waals surface area contributed by atoms with Crippen LogP contribution in [0.3, 0.4) is 0 Å². The van der Waals surface area contributed by atoms with Crippen molar-refractivity contribution in [1.29, 1.82) is 0 Å². The molecular formula is C15H23NO. The van der Waals surface area contributed by atoms with Gasteiger partial charge in [0.2, 0.25) is 0 Å². The smallest absolute Gasteiger partial charge is 0.122 e. The van der Waals surface area contributed by atoms with Crippen molar-refractivity contribution in [2.24, 2.45) is 11.3 Å². The Morgan fingerprint density at radius 3 is 2.65 bits per heavy atom. The van der Waals surface area contributed by atoms with Crippen LogP contribution in [0.15, 0.2) is 24.3 Å². The van der Waals surface area contributed by atoms with E-state index < -0.39 is 0 Å². The van der Waals surface area contributed by atoms with Crippen LogP contribution in [0.25, 0.3) is 0 Å². The van der Waals surface area contributed by atoms with E-state index in [-0.39, 0.29) is 5.41 Å². The Bertz CT molecular complexity index is 381. The van der Waals surface area contributed by atoms with Gasteiger partial charge in [0.1, 0.15) is 5.75 Å². The molecule has 17 heavy (non-hydrogen) atoms. The summed E-state index contributed by atoms with van der Waals surface area (Å²) < 4.78 is 5.87. The van der Waals surface area contributed by atoms with E-state index in [1.165, 1.54) is 5.56 Å². The molecule has 2 rings (SSSR count). The number of rotatable bonds is 2. The molecule has 2 atom stereocenters. The Hall–Kier alpha value is -1.02. The van der Waals surface area contributed by atoms with E-state index in [1.807, 2.05) is 6.07 Å². The lowest BCUT2D eigenvalue weighted by Gasteiger charge is -2.39. The van der Waals surface area contributed by atoms with E-state index in [4.69, 9.17) is 4.74 Å². The van der Waals surface area contributed by atoms with Gasteiger partial charge in [-0.25, -0.2) is 0 Å². The van der Waals surface area contributed by atoms with Crippen LogP contribution in [0.5, 0.6) is 5.75 Å². The number of para-hydroxylation sites is 1. The van der Waals surface area contributed by atoms with Crippen LogP contribution in [0.4, 0.5) is 0 Å². The first-order valence-corrected chi connectivity index (χ1v) is 6.40. The van der Waals surface area contributed by atoms with Crippen LogP contribution in [0, 0.1) is 11.3 Å². The maximum atomic E-state index is 5.87. The Balaban J connectivity index is 2.16. The Kier molecular flexibility index (Phi) is 3.43. The third kappa shape index (κ3) is 2.63. The largest absolute Gasteiger partial charge is 0.493 e. The lowest BCUT2D eigenvalue weighted by atomic mass is 9.76. The second-order valence-corrected chi connectivity index (χ2v) is 6.02. The zero-order valence-electron chi connectivity index (χ0n) is 11.3. The number of hydrogen-bond donors (Lipinski definition) is 1. The molecule has 2 unspecified atom stereocenters. The van der Waals surface area contributed by atoms with Crippen LogP contribution < -0.4 is 10.1 Å². The number of fused-ring (bicyclic) bond motifs is 1. The van der Waals surface area contributed by atoms with Gasteiger partial charge in [0.25, 0.3) is 0 Å². The Morgan fingerprint density at radius 1 is 1.29 bits per heavy atom. The van der Waals surface area contributed by atoms with Gasteiger partial charge >= 0.3 is 0 Å². The predicted molar refractivity (Wildman–Crippen MR) is 71.4 cm³/mol. The second kappa shape index (κ2) is 4.69. The number of benzene rings is 1. The van der Waals surface area contributed by atoms with Gasteiger partial charge in [0.05, 0.1) is 6.61 Å². The molecule has 1 aliphatic rings. The van der Waals surface area contributed by atoms with Crippen molar-refractivity contribution in [1.82, 2.24) is 5.32 Å². The molecule has 0 aliphatic carbocycles. The van der Waals surface area contributed by atoms with Crippen LogP contribution >= 0.6 is 0 Å². The van der Waals surface area contributed by atoms with Crippen molar-refractivity contribution in [2.75, 3.05) is 13.7 Å². The van der Waals surface area contributed by atoms with Crippen LogP contribution in [-0.4, -0.2) is 19.7 Å². The minimum Gasteiger partial charge on any atom is -0.493 e. The summed E-state index contributed by atoms with van der Waals surface area (Å²) >= 11 is 0. The van der Waals surface area contributed by atoms with Gasteiger partial charge in [0.15, 0.2) is 0 Å². The molecule has 1 aromatic rings. The SMILES string of the molecule is CNC(C1COc2ccccc2C1)C(C)(C)C. The topological polar surface area (TPSA) is 21.3 Å². The van der Waals surface area contributed by atoms with E-state index in [0.717, 1.165) is 18.8 Å². The highest BCUT2D eigenvalue weighted by molar-refractivity contribution is 5.35. The maximum absolute atomic E-state index is 5.87. The molecule has 0 spiro atoms. The standard InChI is InChI=1S/C15H23NO/c1-15(2,3)14(16-4)12-9-11-7-5-6-8-13(11)17-10-12/h5-8,12,14,16H,9-10H2,1-4H3. The average molecular weight is 233 g/mol. The van der Waals surface area contributed by atoms with Gasteiger partial charge in [-0.1, -0.05) is 39.0 Å². The fraction of sp³-hybridized carbons (Fsp3) is 0.600. The molecular weight excluding hydrogens is 210 g/mol. The summed E-state index contributed by atoms with van der Waals surface area (Å²) in [4.78, 5) is 0. The van der Waals surface area contributed by atoms with Crippen LogP contribution in [0.1, 0.15) is 26.3 Å². The normalized spacial score (nSPS) is 21.5. The molecule has 1 aliphatic heterocycles. The number of nitrogens with one attached hydrogen (secondary N) is 1. The van der Waals surface area contributed by atoms with Gasteiger partial charge in [-0.2, -0.15) is 0 Å². The van der Waals surface area contributed by atoms with Gasteiger partial charge < -0.3 is 10.1 Å². The first kappa shape index (κ1) is 12.4. The highest BCUT2D eigenvalue weighted by Crippen LogP contribution is 2.33. The molecule has 2 nitrogen and oxygen atoms in total. The molecule has 2 heteroatoms. The van der Waals surface area contributed by atoms with Gasteiger partial charge in [-0.3, -0.25) is 0 Å². The molecule has 1 N–H and O–H groups in total. The molecule has 1 heterocycles. The lowest BCUT2D eigenvalue weighted by Crippen LogP contribution is -2.48. The van der Waals surface area contributed by atoms with Crippen LogP contribution in [-0.2, 0) is 6.42 Å². The Morgan fingerprint density at radius 2 is 2.00 bits per heavy atom. The molecule has 0 saturated carbocycles. The molecule has 94 valence electrons. The predicted octanol–water partition coefficient (Wildman–Crippen LogP) is 2.87. The van der Waals surface area contributed by atoms with E-state index >= 15 is 0 Å². The molecule has 0 fully saturated rings. The number of ether oxygens (including phenoxy) is 1. The minimum absolute atomic E-state index is 0.259. The van der Waals surface area contributed by atoms with E-state index in [0.29, 0.717) is 12.0 Å². The van der Waals surface area contributed by atoms with Crippen molar-refractivity contribution < 1.29 is 4.74 Å². The highest BCUT2D eigenvalue weighted by atomic mass is 16.5. The third-order valence-electron chi connectivity index (χ3n) is 3.62. The highest BCUT2D eigenvalue weighted by Gasteiger charge is 2.33. The van der Waals surface area contributed by atoms with Gasteiger partial charge in [0, 0.05) is 12.0 Å². The summed E-state index contributed by atoms with van der Waals surface area (Å²) in [5.41, 5.74) is 1.60. The quantitative estimate of drug-likeness (QED) is 0.848. The lowest BCUT2D eigenvalue weighted by molar-refractivity contribution is 0.127. The van der Waals surface area contributed by atoms with Crippen molar-refractivity contribution in [3.63, 3.8) is 0 Å². The summed E-state index contributed by atoms with van der Waals surface area (Å²) in [6, 6.07) is 8.86. The van der Waals surface area contributed by atoms with Crippen molar-refractivity contribution in [2.45, 2.75) is 33.2 Å². The van der Waals surface area contributed by atoms with Crippen molar-refractivity contribution in [3.05, 3.63) is 29.8 Å². The second-order valence-electron chi connectivity index (χ2n) is 6.02. The maximum Gasteiger partial charge on any atom is 0.122 e. The summed E-state index contributed by atoms with van der Waals surface area (Å²) in [6.45, 7) is 7.68.